The van der Waals surface area contributed by atoms with E-state index in [0.29, 0.717) is 12.6 Å². The molecule has 0 spiro atoms. The monoisotopic (exact) mass is 388 g/mol. The standard InChI is InChI=1S/C25H28N2O2/c1-19(2)27(15-13-23-18-28-24-10-6-7-11-25(24)29-23)17-22-16-21(12-14-26-22)20-8-4-3-5-9-20/h3-12,14,16,19,23H,13,15,17-18H2,1-2H3. The van der Waals surface area contributed by atoms with Crippen molar-refractivity contribution in [3.63, 3.8) is 0 Å². The normalized spacial score (nSPS) is 15.7. The first-order valence-corrected chi connectivity index (χ1v) is 10.3. The van der Waals surface area contributed by atoms with Gasteiger partial charge in [0.05, 0.1) is 5.69 Å². The smallest absolute Gasteiger partial charge is 0.161 e. The molecule has 1 aromatic heterocycles. The number of ether oxygens (including phenoxy) is 2. The lowest BCUT2D eigenvalue weighted by atomic mass is 10.1. The number of rotatable bonds is 7. The van der Waals surface area contributed by atoms with Crippen LogP contribution in [0.5, 0.6) is 11.5 Å². The van der Waals surface area contributed by atoms with Crippen molar-refractivity contribution in [2.24, 2.45) is 0 Å². The molecule has 2 heterocycles. The molecular weight excluding hydrogens is 360 g/mol. The zero-order chi connectivity index (χ0) is 20.1. The van der Waals surface area contributed by atoms with Crippen LogP contribution < -0.4 is 9.47 Å². The molecule has 0 fully saturated rings. The van der Waals surface area contributed by atoms with Gasteiger partial charge in [-0.2, -0.15) is 0 Å². The minimum atomic E-state index is 0.0785. The zero-order valence-electron chi connectivity index (χ0n) is 17.1. The van der Waals surface area contributed by atoms with Crippen molar-refractivity contribution in [3.05, 3.63) is 78.6 Å². The number of benzene rings is 2. The summed E-state index contributed by atoms with van der Waals surface area (Å²) in [4.78, 5) is 7.06. The summed E-state index contributed by atoms with van der Waals surface area (Å²) in [5, 5.41) is 0. The molecule has 0 amide bonds. The summed E-state index contributed by atoms with van der Waals surface area (Å²) in [5.41, 5.74) is 3.52. The van der Waals surface area contributed by atoms with Crippen molar-refractivity contribution < 1.29 is 9.47 Å². The van der Waals surface area contributed by atoms with Crippen LogP contribution in [0.25, 0.3) is 11.1 Å². The summed E-state index contributed by atoms with van der Waals surface area (Å²) >= 11 is 0. The van der Waals surface area contributed by atoms with Crippen LogP contribution in [0, 0.1) is 0 Å². The van der Waals surface area contributed by atoms with Crippen LogP contribution in [0.3, 0.4) is 0 Å². The van der Waals surface area contributed by atoms with Gasteiger partial charge in [0.25, 0.3) is 0 Å². The summed E-state index contributed by atoms with van der Waals surface area (Å²) < 4.78 is 12.0. The maximum Gasteiger partial charge on any atom is 0.161 e. The highest BCUT2D eigenvalue weighted by atomic mass is 16.6. The third kappa shape index (κ3) is 4.96. The first kappa shape index (κ1) is 19.5. The Morgan fingerprint density at radius 3 is 2.52 bits per heavy atom. The summed E-state index contributed by atoms with van der Waals surface area (Å²) in [6, 6.07) is 23.0. The Hall–Kier alpha value is -2.85. The number of pyridine rings is 1. The van der Waals surface area contributed by atoms with Crippen LogP contribution in [-0.2, 0) is 6.54 Å². The Labute approximate surface area is 173 Å². The summed E-state index contributed by atoms with van der Waals surface area (Å²) in [7, 11) is 0. The Kier molecular flexibility index (Phi) is 6.11. The van der Waals surface area contributed by atoms with Gasteiger partial charge < -0.3 is 9.47 Å². The highest BCUT2D eigenvalue weighted by Crippen LogP contribution is 2.31. The summed E-state index contributed by atoms with van der Waals surface area (Å²) in [6.45, 7) is 6.82. The van der Waals surface area contributed by atoms with Crippen molar-refractivity contribution in [2.75, 3.05) is 13.2 Å². The molecule has 3 aromatic rings. The largest absolute Gasteiger partial charge is 0.486 e. The Balaban J connectivity index is 1.39. The number of hydrogen-bond acceptors (Lipinski definition) is 4. The molecule has 4 heteroatoms. The van der Waals surface area contributed by atoms with Crippen LogP contribution in [0.4, 0.5) is 0 Å². The molecule has 1 aliphatic rings. The molecule has 4 nitrogen and oxygen atoms in total. The average molecular weight is 389 g/mol. The first-order chi connectivity index (χ1) is 14.2. The topological polar surface area (TPSA) is 34.6 Å². The number of nitrogens with zero attached hydrogens (tertiary/aromatic N) is 2. The molecule has 0 N–H and O–H groups in total. The summed E-state index contributed by atoms with van der Waals surface area (Å²) in [6.07, 6.45) is 2.91. The molecule has 0 aliphatic carbocycles. The second-order valence-corrected chi connectivity index (χ2v) is 7.75. The van der Waals surface area contributed by atoms with E-state index < -0.39 is 0 Å². The molecule has 4 rings (SSSR count). The minimum Gasteiger partial charge on any atom is -0.486 e. The molecular formula is C25H28N2O2. The van der Waals surface area contributed by atoms with Gasteiger partial charge >= 0.3 is 0 Å². The fourth-order valence-corrected chi connectivity index (χ4v) is 3.62. The minimum absolute atomic E-state index is 0.0785. The highest BCUT2D eigenvalue weighted by Gasteiger charge is 2.22. The predicted molar refractivity (Wildman–Crippen MR) is 116 cm³/mol. The predicted octanol–water partition coefficient (Wildman–Crippen LogP) is 5.19. The second kappa shape index (κ2) is 9.10. The molecule has 29 heavy (non-hydrogen) atoms. The van der Waals surface area contributed by atoms with E-state index in [4.69, 9.17) is 9.47 Å². The van der Waals surface area contributed by atoms with Gasteiger partial charge in [-0.25, -0.2) is 0 Å². The van der Waals surface area contributed by atoms with Gasteiger partial charge in [-0.15, -0.1) is 0 Å². The maximum atomic E-state index is 6.12. The van der Waals surface area contributed by atoms with Crippen LogP contribution in [0.1, 0.15) is 26.0 Å². The molecule has 0 saturated heterocycles. The van der Waals surface area contributed by atoms with E-state index in [1.165, 1.54) is 11.1 Å². The maximum absolute atomic E-state index is 6.12. The van der Waals surface area contributed by atoms with E-state index in [-0.39, 0.29) is 6.10 Å². The number of para-hydroxylation sites is 2. The number of hydrogen-bond donors (Lipinski definition) is 0. The van der Waals surface area contributed by atoms with E-state index >= 15 is 0 Å². The summed E-state index contributed by atoms with van der Waals surface area (Å²) in [5.74, 6) is 1.68. The fraction of sp³-hybridized carbons (Fsp3) is 0.320. The Morgan fingerprint density at radius 2 is 1.72 bits per heavy atom. The average Bonchev–Trinajstić information content (AvgIpc) is 2.77. The van der Waals surface area contributed by atoms with Crippen molar-refractivity contribution in [3.8, 4) is 22.6 Å². The van der Waals surface area contributed by atoms with Crippen molar-refractivity contribution in [1.82, 2.24) is 9.88 Å². The van der Waals surface area contributed by atoms with E-state index in [2.05, 4.69) is 60.1 Å². The lowest BCUT2D eigenvalue weighted by Gasteiger charge is -2.30. The quantitative estimate of drug-likeness (QED) is 0.558. The van der Waals surface area contributed by atoms with Gasteiger partial charge in [-0.05, 0) is 49.2 Å². The van der Waals surface area contributed by atoms with E-state index in [1.807, 2.05) is 36.5 Å². The highest BCUT2D eigenvalue weighted by molar-refractivity contribution is 5.63. The third-order valence-corrected chi connectivity index (χ3v) is 5.32. The van der Waals surface area contributed by atoms with E-state index in [0.717, 1.165) is 36.7 Å². The molecule has 1 unspecified atom stereocenters. The molecule has 0 radical (unpaired) electrons. The Morgan fingerprint density at radius 1 is 0.966 bits per heavy atom. The molecule has 2 aromatic carbocycles. The van der Waals surface area contributed by atoms with Gasteiger partial charge in [0.2, 0.25) is 0 Å². The molecule has 1 atom stereocenters. The van der Waals surface area contributed by atoms with E-state index in [9.17, 15) is 0 Å². The Bertz CT molecular complexity index is 927. The van der Waals surface area contributed by atoms with Crippen molar-refractivity contribution in [1.29, 1.82) is 0 Å². The SMILES string of the molecule is CC(C)N(CCC1COc2ccccc2O1)Cc1cc(-c2ccccc2)ccn1. The van der Waals surface area contributed by atoms with E-state index in [1.54, 1.807) is 0 Å². The van der Waals surface area contributed by atoms with Crippen LogP contribution in [0.15, 0.2) is 72.9 Å². The van der Waals surface area contributed by atoms with Gasteiger partial charge in [0.15, 0.2) is 11.5 Å². The molecule has 0 saturated carbocycles. The fourth-order valence-electron chi connectivity index (χ4n) is 3.62. The molecule has 1 aliphatic heterocycles. The van der Waals surface area contributed by atoms with Gasteiger partial charge in [-0.3, -0.25) is 9.88 Å². The lowest BCUT2D eigenvalue weighted by Crippen LogP contribution is -2.37. The third-order valence-electron chi connectivity index (χ3n) is 5.32. The molecule has 0 bridgehead atoms. The van der Waals surface area contributed by atoms with Gasteiger partial charge in [-0.1, -0.05) is 42.5 Å². The van der Waals surface area contributed by atoms with Crippen LogP contribution in [0.2, 0.25) is 0 Å². The lowest BCUT2D eigenvalue weighted by molar-refractivity contribution is 0.0698. The van der Waals surface area contributed by atoms with Crippen molar-refractivity contribution in [2.45, 2.75) is 39.0 Å². The first-order valence-electron chi connectivity index (χ1n) is 10.3. The zero-order valence-corrected chi connectivity index (χ0v) is 17.1. The van der Waals surface area contributed by atoms with Crippen LogP contribution in [-0.4, -0.2) is 35.2 Å². The van der Waals surface area contributed by atoms with Gasteiger partial charge in [0.1, 0.15) is 12.7 Å². The van der Waals surface area contributed by atoms with Crippen molar-refractivity contribution >= 4 is 0 Å². The second-order valence-electron chi connectivity index (χ2n) is 7.75. The van der Waals surface area contributed by atoms with Gasteiger partial charge in [0, 0.05) is 31.7 Å². The molecule has 150 valence electrons. The van der Waals surface area contributed by atoms with Crippen LogP contribution >= 0.6 is 0 Å². The number of aromatic nitrogens is 1. The number of fused-ring (bicyclic) bond motifs is 1.